The number of halogens is 2. The van der Waals surface area contributed by atoms with Gasteiger partial charge in [-0.1, -0.05) is 59.6 Å². The van der Waals surface area contributed by atoms with E-state index in [9.17, 15) is 14.9 Å². The quantitative estimate of drug-likeness (QED) is 0.216. The van der Waals surface area contributed by atoms with Crippen LogP contribution in [-0.2, 0) is 11.4 Å². The van der Waals surface area contributed by atoms with Crippen molar-refractivity contribution in [1.82, 2.24) is 5.32 Å². The van der Waals surface area contributed by atoms with Crippen LogP contribution in [0.25, 0.3) is 6.08 Å². The lowest BCUT2D eigenvalue weighted by Gasteiger charge is -2.12. The molecule has 4 rings (SSSR count). The molecule has 3 aromatic rings. The van der Waals surface area contributed by atoms with Gasteiger partial charge >= 0.3 is 0 Å². The van der Waals surface area contributed by atoms with E-state index in [4.69, 9.17) is 32.7 Å². The molecule has 1 heterocycles. The van der Waals surface area contributed by atoms with Gasteiger partial charge in [0.1, 0.15) is 6.61 Å². The summed E-state index contributed by atoms with van der Waals surface area (Å²) < 4.78 is 11.2. The van der Waals surface area contributed by atoms with Crippen LogP contribution in [-0.4, -0.2) is 23.1 Å². The Labute approximate surface area is 214 Å². The van der Waals surface area contributed by atoms with E-state index in [0.29, 0.717) is 16.5 Å². The van der Waals surface area contributed by atoms with Crippen LogP contribution in [0.5, 0.6) is 11.5 Å². The molecular weight excluding hydrogens is 513 g/mol. The summed E-state index contributed by atoms with van der Waals surface area (Å²) in [5, 5.41) is 15.3. The van der Waals surface area contributed by atoms with E-state index in [0.717, 1.165) is 17.3 Å². The number of hydrogen-bond acceptors (Lipinski definition) is 7. The van der Waals surface area contributed by atoms with Gasteiger partial charge in [0.05, 0.1) is 44.3 Å². The molecule has 0 bridgehead atoms. The van der Waals surface area contributed by atoms with Crippen molar-refractivity contribution in [3.63, 3.8) is 0 Å². The molecule has 1 aliphatic rings. The lowest BCUT2D eigenvalue weighted by molar-refractivity contribution is -0.385. The van der Waals surface area contributed by atoms with E-state index in [1.165, 1.54) is 25.3 Å². The molecule has 3 aromatic carbocycles. The molecule has 8 nitrogen and oxygen atoms in total. The fourth-order valence-corrected chi connectivity index (χ4v) is 4.32. The second-order valence-corrected chi connectivity index (χ2v) is 8.96. The van der Waals surface area contributed by atoms with Crippen LogP contribution < -0.4 is 14.8 Å². The number of carbonyl (C=O) groups is 1. The summed E-state index contributed by atoms with van der Waals surface area (Å²) in [5.74, 6) is 0.0533. The normalized spacial score (nSPS) is 15.3. The van der Waals surface area contributed by atoms with Gasteiger partial charge in [0, 0.05) is 0 Å². The number of nitrogens with zero attached hydrogens (tertiary/aromatic N) is 2. The molecule has 0 aliphatic carbocycles. The summed E-state index contributed by atoms with van der Waals surface area (Å²) in [6.45, 7) is 0.207. The average Bonchev–Trinajstić information content (AvgIpc) is 3.19. The number of aliphatic imine (C=N–C) groups is 1. The molecule has 1 fully saturated rings. The Kier molecular flexibility index (Phi) is 7.60. The van der Waals surface area contributed by atoms with Gasteiger partial charge in [-0.25, -0.2) is 4.99 Å². The highest BCUT2D eigenvalue weighted by molar-refractivity contribution is 8.18. The molecule has 0 radical (unpaired) electrons. The third kappa shape index (κ3) is 5.76. The van der Waals surface area contributed by atoms with E-state index < -0.39 is 10.8 Å². The molecule has 0 spiro atoms. The summed E-state index contributed by atoms with van der Waals surface area (Å²) in [6.07, 6.45) is 1.41. The van der Waals surface area contributed by atoms with E-state index >= 15 is 0 Å². The van der Waals surface area contributed by atoms with Crippen LogP contribution in [0.15, 0.2) is 70.6 Å². The molecule has 35 heavy (non-hydrogen) atoms. The monoisotopic (exact) mass is 529 g/mol. The van der Waals surface area contributed by atoms with Crippen molar-refractivity contribution in [2.75, 3.05) is 7.11 Å². The first-order chi connectivity index (χ1) is 16.9. The van der Waals surface area contributed by atoms with Crippen LogP contribution >= 0.6 is 35.0 Å². The van der Waals surface area contributed by atoms with Gasteiger partial charge in [-0.15, -0.1) is 0 Å². The van der Waals surface area contributed by atoms with Gasteiger partial charge in [-0.3, -0.25) is 14.9 Å². The number of nitro groups is 1. The van der Waals surface area contributed by atoms with Gasteiger partial charge in [-0.2, -0.15) is 0 Å². The molecule has 11 heteroatoms. The van der Waals surface area contributed by atoms with Crippen molar-refractivity contribution < 1.29 is 19.2 Å². The van der Waals surface area contributed by atoms with E-state index in [2.05, 4.69) is 10.3 Å². The average molecular weight is 530 g/mol. The predicted octanol–water partition coefficient (Wildman–Crippen LogP) is 6.38. The number of amides is 1. The van der Waals surface area contributed by atoms with Gasteiger partial charge in [0.2, 0.25) is 0 Å². The van der Waals surface area contributed by atoms with Crippen LogP contribution in [0.2, 0.25) is 10.0 Å². The van der Waals surface area contributed by atoms with Crippen LogP contribution in [0, 0.1) is 10.1 Å². The Hall–Kier alpha value is -3.53. The van der Waals surface area contributed by atoms with Crippen molar-refractivity contribution >= 4 is 63.5 Å². The third-order valence-electron chi connectivity index (χ3n) is 4.84. The highest BCUT2D eigenvalue weighted by Gasteiger charge is 2.27. The maximum Gasteiger partial charge on any atom is 0.280 e. The number of benzene rings is 3. The van der Waals surface area contributed by atoms with Crippen LogP contribution in [0.1, 0.15) is 11.1 Å². The molecule has 1 aliphatic heterocycles. The smallest absolute Gasteiger partial charge is 0.280 e. The number of methoxy groups -OCH3 is 1. The highest BCUT2D eigenvalue weighted by atomic mass is 35.5. The van der Waals surface area contributed by atoms with E-state index in [1.54, 1.807) is 18.2 Å². The lowest BCUT2D eigenvalue weighted by atomic mass is 10.1. The van der Waals surface area contributed by atoms with Crippen molar-refractivity contribution in [2.24, 2.45) is 4.99 Å². The standard InChI is InChI=1S/C24H17Cl2N3O5S/c1-33-19-10-15(18(29(31)32)12-20(19)34-13-14-6-3-2-4-7-14)11-21-23(30)28-24(35-21)27-17-9-5-8-16(25)22(17)26/h2-12H,13H2,1H3,(H,27,28,30)/b21-11-. The molecule has 178 valence electrons. The van der Waals surface area contributed by atoms with Gasteiger partial charge in [-0.05, 0) is 41.6 Å². The van der Waals surface area contributed by atoms with Crippen molar-refractivity contribution in [3.8, 4) is 11.5 Å². The van der Waals surface area contributed by atoms with E-state index in [1.807, 2.05) is 30.3 Å². The number of ether oxygens (including phenoxy) is 2. The Balaban J connectivity index is 1.64. The fourth-order valence-electron chi connectivity index (χ4n) is 3.16. The van der Waals surface area contributed by atoms with Crippen molar-refractivity contribution in [1.29, 1.82) is 0 Å². The van der Waals surface area contributed by atoms with Gasteiger partial charge in [0.15, 0.2) is 16.7 Å². The number of amidine groups is 1. The maximum absolute atomic E-state index is 12.5. The number of thioether (sulfide) groups is 1. The molecule has 0 atom stereocenters. The summed E-state index contributed by atoms with van der Waals surface area (Å²) in [7, 11) is 1.43. The van der Waals surface area contributed by atoms with Crippen LogP contribution in [0.4, 0.5) is 11.4 Å². The topological polar surface area (TPSA) is 103 Å². The molecule has 0 saturated carbocycles. The third-order valence-corrected chi connectivity index (χ3v) is 6.56. The Morgan fingerprint density at radius 1 is 1.11 bits per heavy atom. The second-order valence-electron chi connectivity index (χ2n) is 7.15. The largest absolute Gasteiger partial charge is 0.493 e. The first-order valence-corrected chi connectivity index (χ1v) is 11.7. The number of carbonyl (C=O) groups excluding carboxylic acids is 1. The Morgan fingerprint density at radius 2 is 1.89 bits per heavy atom. The second kappa shape index (κ2) is 10.8. The number of hydrogen-bond donors (Lipinski definition) is 1. The Bertz CT molecular complexity index is 1360. The molecule has 1 amide bonds. The zero-order valence-corrected chi connectivity index (χ0v) is 20.5. The summed E-state index contributed by atoms with van der Waals surface area (Å²) in [6, 6.07) is 17.1. The predicted molar refractivity (Wildman–Crippen MR) is 138 cm³/mol. The minimum atomic E-state index is -0.542. The first kappa shape index (κ1) is 24.6. The summed E-state index contributed by atoms with van der Waals surface area (Å²) >= 11 is 13.2. The summed E-state index contributed by atoms with van der Waals surface area (Å²) in [4.78, 5) is 28.3. The number of rotatable bonds is 7. The first-order valence-electron chi connectivity index (χ1n) is 10.1. The van der Waals surface area contributed by atoms with Gasteiger partial charge < -0.3 is 14.8 Å². The minimum absolute atomic E-state index is 0.179. The van der Waals surface area contributed by atoms with Crippen LogP contribution in [0.3, 0.4) is 0 Å². The molecular formula is C24H17Cl2N3O5S. The molecule has 1 N–H and O–H groups in total. The number of nitrogens with one attached hydrogen (secondary N) is 1. The molecule has 1 saturated heterocycles. The van der Waals surface area contributed by atoms with Crippen molar-refractivity contribution in [2.45, 2.75) is 6.61 Å². The minimum Gasteiger partial charge on any atom is -0.493 e. The zero-order valence-electron chi connectivity index (χ0n) is 18.2. The van der Waals surface area contributed by atoms with Gasteiger partial charge in [0.25, 0.3) is 11.6 Å². The SMILES string of the molecule is COc1cc(/C=C2\SC(=Nc3cccc(Cl)c3Cl)NC2=O)c([N+](=O)[O-])cc1OCc1ccccc1. The molecule has 0 aromatic heterocycles. The fraction of sp³-hybridized carbons (Fsp3) is 0.0833. The summed E-state index contributed by atoms with van der Waals surface area (Å²) in [5.41, 5.74) is 1.22. The lowest BCUT2D eigenvalue weighted by Crippen LogP contribution is -2.19. The molecule has 0 unspecified atom stereocenters. The number of nitro benzene ring substituents is 1. The maximum atomic E-state index is 12.5. The van der Waals surface area contributed by atoms with Crippen molar-refractivity contribution in [3.05, 3.63) is 96.9 Å². The zero-order chi connectivity index (χ0) is 24.9. The van der Waals surface area contributed by atoms with E-state index in [-0.39, 0.29) is 38.7 Å². The Morgan fingerprint density at radius 3 is 2.60 bits per heavy atom. The highest BCUT2D eigenvalue weighted by Crippen LogP contribution is 2.39.